The molecule has 0 bridgehead atoms. The summed E-state index contributed by atoms with van der Waals surface area (Å²) in [4.78, 5) is 0. The van der Waals surface area contributed by atoms with E-state index in [1.807, 2.05) is 12.1 Å². The van der Waals surface area contributed by atoms with E-state index in [-0.39, 0.29) is 0 Å². The number of halogens is 1. The molecule has 0 radical (unpaired) electrons. The molecule has 0 spiro atoms. The van der Waals surface area contributed by atoms with E-state index in [0.717, 1.165) is 18.0 Å². The van der Waals surface area contributed by atoms with Gasteiger partial charge in [-0.2, -0.15) is 0 Å². The monoisotopic (exact) mass is 197 g/mol. The van der Waals surface area contributed by atoms with Crippen LogP contribution in [0.25, 0.3) is 0 Å². The standard InChI is InChI=1S/C11H16ClN/c1-4-5-13-11-8(2)6-10(12)7-9(11)3/h6-7,13H,4-5H2,1-3H3. The van der Waals surface area contributed by atoms with E-state index < -0.39 is 0 Å². The Labute approximate surface area is 85.1 Å². The third-order valence-electron chi connectivity index (χ3n) is 2.05. The van der Waals surface area contributed by atoms with Crippen LogP contribution in [0.2, 0.25) is 5.02 Å². The molecular formula is C11H16ClN. The number of nitrogens with one attached hydrogen (secondary N) is 1. The molecule has 0 aliphatic heterocycles. The first kappa shape index (κ1) is 10.4. The van der Waals surface area contributed by atoms with Gasteiger partial charge in [-0.25, -0.2) is 0 Å². The van der Waals surface area contributed by atoms with Crippen LogP contribution in [0.15, 0.2) is 12.1 Å². The molecule has 2 heteroatoms. The largest absolute Gasteiger partial charge is 0.385 e. The summed E-state index contributed by atoms with van der Waals surface area (Å²) >= 11 is 5.93. The second-order valence-electron chi connectivity index (χ2n) is 3.34. The Morgan fingerprint density at radius 2 is 1.77 bits per heavy atom. The Bertz CT molecular complexity index is 271. The molecule has 1 aromatic rings. The molecule has 0 aliphatic rings. The molecule has 0 saturated heterocycles. The quantitative estimate of drug-likeness (QED) is 0.778. The summed E-state index contributed by atoms with van der Waals surface area (Å²) in [5.74, 6) is 0. The molecule has 0 atom stereocenters. The molecule has 0 fully saturated rings. The maximum atomic E-state index is 5.93. The highest BCUT2D eigenvalue weighted by Gasteiger charge is 2.02. The summed E-state index contributed by atoms with van der Waals surface area (Å²) in [7, 11) is 0. The van der Waals surface area contributed by atoms with Crippen molar-refractivity contribution in [3.63, 3.8) is 0 Å². The molecule has 0 amide bonds. The summed E-state index contributed by atoms with van der Waals surface area (Å²) in [5.41, 5.74) is 3.67. The smallest absolute Gasteiger partial charge is 0.0412 e. The number of aryl methyl sites for hydroxylation is 2. The van der Waals surface area contributed by atoms with Crippen LogP contribution >= 0.6 is 11.6 Å². The van der Waals surface area contributed by atoms with Gasteiger partial charge in [-0.1, -0.05) is 18.5 Å². The van der Waals surface area contributed by atoms with Crippen molar-refractivity contribution in [2.24, 2.45) is 0 Å². The van der Waals surface area contributed by atoms with Crippen LogP contribution in [0.3, 0.4) is 0 Å². The number of rotatable bonds is 3. The third-order valence-corrected chi connectivity index (χ3v) is 2.27. The average molecular weight is 198 g/mol. The fourth-order valence-electron chi connectivity index (χ4n) is 1.44. The minimum Gasteiger partial charge on any atom is -0.385 e. The Morgan fingerprint density at radius 1 is 1.23 bits per heavy atom. The van der Waals surface area contributed by atoms with Gasteiger partial charge < -0.3 is 5.32 Å². The number of hydrogen-bond donors (Lipinski definition) is 1. The first-order valence-corrected chi connectivity index (χ1v) is 5.03. The molecule has 1 rings (SSSR count). The molecular weight excluding hydrogens is 182 g/mol. The lowest BCUT2D eigenvalue weighted by Gasteiger charge is -2.12. The fraction of sp³-hybridized carbons (Fsp3) is 0.455. The SMILES string of the molecule is CCCNc1c(C)cc(Cl)cc1C. The summed E-state index contributed by atoms with van der Waals surface area (Å²) in [6, 6.07) is 3.99. The van der Waals surface area contributed by atoms with Gasteiger partial charge in [-0.05, 0) is 43.5 Å². The summed E-state index contributed by atoms with van der Waals surface area (Å²) in [6.07, 6.45) is 1.14. The van der Waals surface area contributed by atoms with E-state index in [0.29, 0.717) is 0 Å². The van der Waals surface area contributed by atoms with Gasteiger partial charge in [0.25, 0.3) is 0 Å². The first-order valence-electron chi connectivity index (χ1n) is 4.65. The summed E-state index contributed by atoms with van der Waals surface area (Å²) < 4.78 is 0. The van der Waals surface area contributed by atoms with Crippen molar-refractivity contribution >= 4 is 17.3 Å². The highest BCUT2D eigenvalue weighted by molar-refractivity contribution is 6.30. The van der Waals surface area contributed by atoms with Crippen molar-refractivity contribution in [1.82, 2.24) is 0 Å². The normalized spacial score (nSPS) is 10.2. The van der Waals surface area contributed by atoms with Crippen LogP contribution in [0, 0.1) is 13.8 Å². The third kappa shape index (κ3) is 2.63. The predicted molar refractivity (Wildman–Crippen MR) is 59.7 cm³/mol. The van der Waals surface area contributed by atoms with E-state index in [9.17, 15) is 0 Å². The summed E-state index contributed by atoms with van der Waals surface area (Å²) in [6.45, 7) is 7.34. The Morgan fingerprint density at radius 3 is 2.23 bits per heavy atom. The van der Waals surface area contributed by atoms with E-state index in [1.165, 1.54) is 16.8 Å². The van der Waals surface area contributed by atoms with Crippen LogP contribution in [-0.4, -0.2) is 6.54 Å². The molecule has 0 aliphatic carbocycles. The lowest BCUT2D eigenvalue weighted by atomic mass is 10.1. The molecule has 1 nitrogen and oxygen atoms in total. The second kappa shape index (κ2) is 4.52. The fourth-order valence-corrected chi connectivity index (χ4v) is 1.77. The van der Waals surface area contributed by atoms with E-state index in [4.69, 9.17) is 11.6 Å². The first-order chi connectivity index (χ1) is 6.15. The number of anilines is 1. The molecule has 0 aromatic heterocycles. The van der Waals surface area contributed by atoms with Gasteiger partial charge in [0.05, 0.1) is 0 Å². The van der Waals surface area contributed by atoms with Gasteiger partial charge in [-0.3, -0.25) is 0 Å². The average Bonchev–Trinajstić information content (AvgIpc) is 2.02. The molecule has 0 heterocycles. The maximum Gasteiger partial charge on any atom is 0.0412 e. The lowest BCUT2D eigenvalue weighted by Crippen LogP contribution is -2.03. The van der Waals surface area contributed by atoms with Crippen molar-refractivity contribution in [1.29, 1.82) is 0 Å². The Hall–Kier alpha value is -0.690. The summed E-state index contributed by atoms with van der Waals surface area (Å²) in [5, 5.41) is 4.22. The molecule has 13 heavy (non-hydrogen) atoms. The maximum absolute atomic E-state index is 5.93. The van der Waals surface area contributed by atoms with Crippen molar-refractivity contribution in [2.45, 2.75) is 27.2 Å². The van der Waals surface area contributed by atoms with Crippen molar-refractivity contribution < 1.29 is 0 Å². The molecule has 72 valence electrons. The predicted octanol–water partition coefficient (Wildman–Crippen LogP) is 3.78. The zero-order chi connectivity index (χ0) is 9.84. The van der Waals surface area contributed by atoms with E-state index in [1.54, 1.807) is 0 Å². The highest BCUT2D eigenvalue weighted by atomic mass is 35.5. The van der Waals surface area contributed by atoms with Crippen molar-refractivity contribution in [2.75, 3.05) is 11.9 Å². The highest BCUT2D eigenvalue weighted by Crippen LogP contribution is 2.24. The van der Waals surface area contributed by atoms with Gasteiger partial charge in [0.2, 0.25) is 0 Å². The number of benzene rings is 1. The van der Waals surface area contributed by atoms with Crippen molar-refractivity contribution in [3.05, 3.63) is 28.3 Å². The van der Waals surface area contributed by atoms with Crippen LogP contribution in [0.1, 0.15) is 24.5 Å². The Kier molecular flexibility index (Phi) is 3.61. The zero-order valence-electron chi connectivity index (χ0n) is 8.45. The minimum absolute atomic E-state index is 0.817. The van der Waals surface area contributed by atoms with Gasteiger partial charge in [0, 0.05) is 17.3 Å². The van der Waals surface area contributed by atoms with Gasteiger partial charge in [0.15, 0.2) is 0 Å². The van der Waals surface area contributed by atoms with E-state index >= 15 is 0 Å². The van der Waals surface area contributed by atoms with Crippen LogP contribution in [0.5, 0.6) is 0 Å². The van der Waals surface area contributed by atoms with Crippen LogP contribution < -0.4 is 5.32 Å². The van der Waals surface area contributed by atoms with Gasteiger partial charge >= 0.3 is 0 Å². The van der Waals surface area contributed by atoms with E-state index in [2.05, 4.69) is 26.1 Å². The van der Waals surface area contributed by atoms with Gasteiger partial charge in [-0.15, -0.1) is 0 Å². The van der Waals surface area contributed by atoms with Crippen LogP contribution in [-0.2, 0) is 0 Å². The minimum atomic E-state index is 0.817. The number of hydrogen-bond acceptors (Lipinski definition) is 1. The second-order valence-corrected chi connectivity index (χ2v) is 3.78. The topological polar surface area (TPSA) is 12.0 Å². The molecule has 0 unspecified atom stereocenters. The van der Waals surface area contributed by atoms with Crippen LogP contribution in [0.4, 0.5) is 5.69 Å². The molecule has 0 saturated carbocycles. The zero-order valence-corrected chi connectivity index (χ0v) is 9.20. The lowest BCUT2D eigenvalue weighted by molar-refractivity contribution is 0.975. The Balaban J connectivity index is 2.92. The molecule has 1 N–H and O–H groups in total. The molecule has 1 aromatic carbocycles. The van der Waals surface area contributed by atoms with Gasteiger partial charge in [0.1, 0.15) is 0 Å². The van der Waals surface area contributed by atoms with Crippen molar-refractivity contribution in [3.8, 4) is 0 Å².